The molecule has 1 fully saturated rings. The highest BCUT2D eigenvalue weighted by atomic mass is 35.5. The second-order valence-electron chi connectivity index (χ2n) is 6.37. The van der Waals surface area contributed by atoms with E-state index in [4.69, 9.17) is 27.6 Å². The molecule has 8 nitrogen and oxygen atoms in total. The zero-order valence-electron chi connectivity index (χ0n) is 15.0. The lowest BCUT2D eigenvalue weighted by molar-refractivity contribution is -0.119. The van der Waals surface area contributed by atoms with Crippen molar-refractivity contribution in [1.82, 2.24) is 14.5 Å². The van der Waals surface area contributed by atoms with Crippen molar-refractivity contribution in [2.45, 2.75) is 23.8 Å². The van der Waals surface area contributed by atoms with E-state index in [0.29, 0.717) is 27.1 Å². The van der Waals surface area contributed by atoms with Crippen LogP contribution < -0.4 is 5.32 Å². The molecule has 2 aromatic heterocycles. The molecule has 1 aromatic carbocycles. The Morgan fingerprint density at radius 2 is 2.00 bits per heavy atom. The first-order chi connectivity index (χ1) is 14.3. The van der Waals surface area contributed by atoms with Crippen LogP contribution in [0, 0.1) is 5.82 Å². The first-order valence-corrected chi connectivity index (χ1v) is 11.6. The minimum absolute atomic E-state index is 0.0701. The molecule has 1 saturated heterocycles. The molecule has 1 aliphatic rings. The number of thiophene rings is 1. The Morgan fingerprint density at radius 3 is 2.67 bits per heavy atom. The summed E-state index contributed by atoms with van der Waals surface area (Å²) in [6, 6.07) is 4.84. The van der Waals surface area contributed by atoms with Gasteiger partial charge in [0, 0.05) is 6.54 Å². The number of hydrogen-bond donors (Lipinski definition) is 1. The van der Waals surface area contributed by atoms with E-state index < -0.39 is 27.8 Å². The van der Waals surface area contributed by atoms with Gasteiger partial charge in [-0.25, -0.2) is 12.8 Å². The van der Waals surface area contributed by atoms with Gasteiger partial charge in [0.2, 0.25) is 15.9 Å². The summed E-state index contributed by atoms with van der Waals surface area (Å²) in [5, 5.41) is 10.0. The Kier molecular flexibility index (Phi) is 5.82. The van der Waals surface area contributed by atoms with Gasteiger partial charge in [0.05, 0.1) is 14.8 Å². The van der Waals surface area contributed by atoms with Gasteiger partial charge in [0.1, 0.15) is 16.2 Å². The van der Waals surface area contributed by atoms with Gasteiger partial charge < -0.3 is 4.42 Å². The number of anilines is 1. The summed E-state index contributed by atoms with van der Waals surface area (Å²) in [6.07, 6.45) is 0.815. The fourth-order valence-electron chi connectivity index (χ4n) is 3.09. The van der Waals surface area contributed by atoms with Crippen LogP contribution in [0.5, 0.6) is 0 Å². The molecular weight excluding hydrogens is 478 g/mol. The van der Waals surface area contributed by atoms with Gasteiger partial charge >= 0.3 is 6.01 Å². The first-order valence-electron chi connectivity index (χ1n) is 8.62. The molecule has 1 amide bonds. The van der Waals surface area contributed by atoms with Gasteiger partial charge in [-0.2, -0.15) is 4.31 Å². The molecule has 13 heteroatoms. The number of carbonyl (C=O) groups excluding carboxylic acids is 1. The zero-order valence-corrected chi connectivity index (χ0v) is 18.2. The Morgan fingerprint density at radius 1 is 1.27 bits per heavy atom. The molecule has 0 aliphatic carbocycles. The molecule has 1 atom stereocenters. The van der Waals surface area contributed by atoms with Gasteiger partial charge in [-0.15, -0.1) is 16.4 Å². The fourth-order valence-corrected chi connectivity index (χ4v) is 6.19. The van der Waals surface area contributed by atoms with E-state index in [9.17, 15) is 17.6 Å². The molecule has 1 N–H and O–H groups in total. The van der Waals surface area contributed by atoms with Crippen molar-refractivity contribution in [1.29, 1.82) is 0 Å². The van der Waals surface area contributed by atoms with Crippen molar-refractivity contribution in [3.8, 4) is 11.5 Å². The van der Waals surface area contributed by atoms with Crippen LogP contribution >= 0.6 is 34.5 Å². The van der Waals surface area contributed by atoms with Gasteiger partial charge in [0.25, 0.3) is 5.89 Å². The third kappa shape index (κ3) is 4.08. The van der Waals surface area contributed by atoms with Crippen molar-refractivity contribution in [2.75, 3.05) is 11.9 Å². The minimum Gasteiger partial charge on any atom is -0.403 e. The molecule has 3 heterocycles. The van der Waals surface area contributed by atoms with Gasteiger partial charge in [0.15, 0.2) is 0 Å². The van der Waals surface area contributed by atoms with Crippen LogP contribution in [0.2, 0.25) is 8.67 Å². The van der Waals surface area contributed by atoms with Crippen LogP contribution in [-0.4, -0.2) is 41.4 Å². The predicted molar refractivity (Wildman–Crippen MR) is 110 cm³/mol. The van der Waals surface area contributed by atoms with E-state index in [2.05, 4.69) is 15.5 Å². The number of nitrogens with zero attached hydrogens (tertiary/aromatic N) is 3. The van der Waals surface area contributed by atoms with Crippen LogP contribution in [0.3, 0.4) is 0 Å². The summed E-state index contributed by atoms with van der Waals surface area (Å²) in [6.45, 7) is 0.163. The highest BCUT2D eigenvalue weighted by Gasteiger charge is 2.40. The van der Waals surface area contributed by atoms with Crippen LogP contribution in [0.4, 0.5) is 10.4 Å². The van der Waals surface area contributed by atoms with Crippen molar-refractivity contribution in [3.63, 3.8) is 0 Å². The van der Waals surface area contributed by atoms with E-state index in [1.54, 1.807) is 6.07 Å². The lowest BCUT2D eigenvalue weighted by Crippen LogP contribution is -2.43. The van der Waals surface area contributed by atoms with Gasteiger partial charge in [-0.3, -0.25) is 10.1 Å². The molecule has 0 spiro atoms. The summed E-state index contributed by atoms with van der Waals surface area (Å²) >= 11 is 13.1. The number of halogens is 3. The summed E-state index contributed by atoms with van der Waals surface area (Å²) < 4.78 is 46.2. The molecule has 0 radical (unpaired) electrons. The summed E-state index contributed by atoms with van der Waals surface area (Å²) in [7, 11) is -3.97. The second-order valence-corrected chi connectivity index (χ2v) is 10.5. The molecule has 158 valence electrons. The third-order valence-electron chi connectivity index (χ3n) is 4.47. The van der Waals surface area contributed by atoms with Crippen molar-refractivity contribution >= 4 is 56.5 Å². The highest BCUT2D eigenvalue weighted by Crippen LogP contribution is 2.38. The number of hydrogen-bond acceptors (Lipinski definition) is 7. The number of amides is 1. The van der Waals surface area contributed by atoms with Crippen LogP contribution in [0.25, 0.3) is 11.5 Å². The number of nitrogens with one attached hydrogen (secondary N) is 1. The lowest BCUT2D eigenvalue weighted by atomic mass is 10.2. The summed E-state index contributed by atoms with van der Waals surface area (Å²) in [4.78, 5) is 12.6. The normalized spacial score (nSPS) is 17.4. The molecule has 30 heavy (non-hydrogen) atoms. The largest absolute Gasteiger partial charge is 0.403 e. The Labute approximate surface area is 184 Å². The third-order valence-corrected chi connectivity index (χ3v) is 7.88. The number of sulfonamides is 1. The van der Waals surface area contributed by atoms with Crippen LogP contribution in [-0.2, 0) is 14.8 Å². The number of aromatic nitrogens is 2. The maximum Gasteiger partial charge on any atom is 0.322 e. The standard InChI is InChI=1S/C17H13Cl2FN4O4S2/c18-13-8-11(14(19)29-13)16-22-23-17(28-16)21-15(25)12-2-1-7-24(12)30(26,27)10-5-3-9(20)4-6-10/h3-6,8,12H,1-2,7H2,(H,21,23,25)/t12-/m1/s1. The minimum atomic E-state index is -3.97. The number of carbonyl (C=O) groups is 1. The average Bonchev–Trinajstić information content (AvgIpc) is 3.42. The first kappa shape index (κ1) is 21.2. The van der Waals surface area contributed by atoms with Crippen molar-refractivity contribution < 1.29 is 22.0 Å². The predicted octanol–water partition coefficient (Wildman–Crippen LogP) is 4.04. The van der Waals surface area contributed by atoms with E-state index >= 15 is 0 Å². The lowest BCUT2D eigenvalue weighted by Gasteiger charge is -2.22. The Balaban J connectivity index is 1.52. The maximum absolute atomic E-state index is 13.1. The smallest absolute Gasteiger partial charge is 0.322 e. The highest BCUT2D eigenvalue weighted by molar-refractivity contribution is 7.89. The maximum atomic E-state index is 13.1. The molecule has 0 bridgehead atoms. The van der Waals surface area contributed by atoms with E-state index in [-0.39, 0.29) is 23.3 Å². The monoisotopic (exact) mass is 490 g/mol. The van der Waals surface area contributed by atoms with E-state index in [1.165, 1.54) is 0 Å². The van der Waals surface area contributed by atoms with Crippen molar-refractivity contribution in [3.05, 3.63) is 44.8 Å². The van der Waals surface area contributed by atoms with Crippen LogP contribution in [0.15, 0.2) is 39.6 Å². The Hall–Kier alpha value is -2.05. The average molecular weight is 491 g/mol. The second kappa shape index (κ2) is 8.23. The molecule has 0 unspecified atom stereocenters. The number of rotatable bonds is 5. The summed E-state index contributed by atoms with van der Waals surface area (Å²) in [5.74, 6) is -1.09. The van der Waals surface area contributed by atoms with Crippen LogP contribution in [0.1, 0.15) is 12.8 Å². The SMILES string of the molecule is O=C(Nc1nnc(-c2cc(Cl)sc2Cl)o1)[C@H]1CCCN1S(=O)(=O)c1ccc(F)cc1. The van der Waals surface area contributed by atoms with Crippen molar-refractivity contribution in [2.24, 2.45) is 0 Å². The van der Waals surface area contributed by atoms with E-state index in [1.807, 2.05) is 0 Å². The van der Waals surface area contributed by atoms with Gasteiger partial charge in [-0.1, -0.05) is 28.3 Å². The molecule has 4 rings (SSSR count). The summed E-state index contributed by atoms with van der Waals surface area (Å²) in [5.41, 5.74) is 0.432. The zero-order chi connectivity index (χ0) is 21.5. The topological polar surface area (TPSA) is 105 Å². The molecule has 3 aromatic rings. The fraction of sp³-hybridized carbons (Fsp3) is 0.235. The molecule has 0 saturated carbocycles. The van der Waals surface area contributed by atoms with E-state index in [0.717, 1.165) is 39.9 Å². The molecular formula is C17H13Cl2FN4O4S2. The Bertz CT molecular complexity index is 1200. The molecule has 1 aliphatic heterocycles. The number of benzene rings is 1. The van der Waals surface area contributed by atoms with Gasteiger partial charge in [-0.05, 0) is 43.2 Å². The quantitative estimate of drug-likeness (QED) is 0.578.